The highest BCUT2D eigenvalue weighted by Gasteiger charge is 2.27. The van der Waals surface area contributed by atoms with E-state index in [1.54, 1.807) is 47.4 Å². The first-order valence-corrected chi connectivity index (χ1v) is 17.1. The van der Waals surface area contributed by atoms with Crippen molar-refractivity contribution >= 4 is 27.6 Å². The Morgan fingerprint density at radius 1 is 0.894 bits per heavy atom. The summed E-state index contributed by atoms with van der Waals surface area (Å²) >= 11 is 0. The van der Waals surface area contributed by atoms with Crippen LogP contribution in [0.4, 0.5) is 4.79 Å². The molecule has 250 valence electrons. The van der Waals surface area contributed by atoms with Crippen LogP contribution in [0.3, 0.4) is 0 Å². The number of benzene rings is 3. The molecule has 3 aromatic carbocycles. The first kappa shape index (κ1) is 35.3. The van der Waals surface area contributed by atoms with Crippen LogP contribution in [0.15, 0.2) is 101 Å². The van der Waals surface area contributed by atoms with Gasteiger partial charge in [0.2, 0.25) is 9.84 Å². The monoisotopic (exact) mass is 662 g/mol. The Bertz CT molecular complexity index is 1610. The molecule has 0 bridgehead atoms. The smallest absolute Gasteiger partial charge is 0.407 e. The molecular weight excluding hydrogens is 620 g/mol. The molecule has 11 nitrogen and oxygen atoms in total. The van der Waals surface area contributed by atoms with Gasteiger partial charge in [0.05, 0.1) is 24.2 Å². The molecule has 1 aliphatic heterocycles. The highest BCUT2D eigenvalue weighted by molar-refractivity contribution is 7.95. The number of nitrogens with zero attached hydrogens (tertiary/aromatic N) is 1. The topological polar surface area (TPSA) is 171 Å². The van der Waals surface area contributed by atoms with Gasteiger partial charge in [-0.1, -0.05) is 67.1 Å². The zero-order valence-corrected chi connectivity index (χ0v) is 27.1. The van der Waals surface area contributed by atoms with Crippen molar-refractivity contribution in [3.63, 3.8) is 0 Å². The Balaban J connectivity index is 1.37. The molecule has 0 unspecified atom stereocenters. The Morgan fingerprint density at radius 2 is 1.53 bits per heavy atom. The standard InChI is InChI=1S/C35H42N4O7S/c36-31(23-26-14-16-28(17-15-26)34(41)39-19-21-45-22-20-39)33(40)29(24-32(37)47(43,44)30-12-5-2-6-13-30)11-7-8-18-38-35(42)46-25-27-9-3-1-4-10-27/h1-6,9-10,12-17,24,29,31H,7-8,11,18-23,25,36-37H2,(H,38,42)/b32-24+/t29-,31-/m0/s1. The van der Waals surface area contributed by atoms with Crippen LogP contribution in [0.25, 0.3) is 0 Å². The number of amides is 2. The Kier molecular flexibility index (Phi) is 13.1. The molecule has 0 aliphatic carbocycles. The second-order valence-corrected chi connectivity index (χ2v) is 13.2. The van der Waals surface area contributed by atoms with E-state index in [1.165, 1.54) is 18.2 Å². The summed E-state index contributed by atoms with van der Waals surface area (Å²) in [4.78, 5) is 40.3. The number of ether oxygens (including phenoxy) is 2. The van der Waals surface area contributed by atoms with E-state index in [2.05, 4.69) is 5.32 Å². The number of Topliss-reactive ketones (excluding diaryl/α,β-unsaturated/α-hetero) is 1. The second-order valence-electron chi connectivity index (χ2n) is 11.3. The number of sulfone groups is 1. The zero-order chi connectivity index (χ0) is 33.6. The van der Waals surface area contributed by atoms with Gasteiger partial charge in [-0.25, -0.2) is 13.2 Å². The van der Waals surface area contributed by atoms with E-state index in [1.807, 2.05) is 30.3 Å². The summed E-state index contributed by atoms with van der Waals surface area (Å²) in [6, 6.07) is 23.1. The minimum atomic E-state index is -4.02. The average molecular weight is 663 g/mol. The normalized spacial score (nSPS) is 15.0. The van der Waals surface area contributed by atoms with Crippen molar-refractivity contribution in [3.05, 3.63) is 113 Å². The van der Waals surface area contributed by atoms with Gasteiger partial charge in [-0.3, -0.25) is 9.59 Å². The predicted molar refractivity (Wildman–Crippen MR) is 178 cm³/mol. The van der Waals surface area contributed by atoms with Crippen molar-refractivity contribution in [1.82, 2.24) is 10.2 Å². The van der Waals surface area contributed by atoms with E-state index in [-0.39, 0.29) is 36.0 Å². The molecule has 2 atom stereocenters. The van der Waals surface area contributed by atoms with E-state index < -0.39 is 32.9 Å². The van der Waals surface area contributed by atoms with Gasteiger partial charge in [-0.15, -0.1) is 0 Å². The minimum absolute atomic E-state index is 0.0224. The largest absolute Gasteiger partial charge is 0.445 e. The summed E-state index contributed by atoms with van der Waals surface area (Å²) in [5, 5.41) is 2.26. The molecule has 0 saturated carbocycles. The van der Waals surface area contributed by atoms with Crippen molar-refractivity contribution in [2.75, 3.05) is 32.8 Å². The number of carbonyl (C=O) groups excluding carboxylic acids is 3. The number of nitrogens with one attached hydrogen (secondary N) is 1. The van der Waals surface area contributed by atoms with Crippen LogP contribution in [-0.2, 0) is 37.1 Å². The van der Waals surface area contributed by atoms with E-state index in [0.717, 1.165) is 11.1 Å². The molecule has 2 amide bonds. The molecule has 5 N–H and O–H groups in total. The van der Waals surface area contributed by atoms with E-state index in [9.17, 15) is 22.8 Å². The Hall–Kier alpha value is -4.52. The molecule has 3 aromatic rings. The van der Waals surface area contributed by atoms with Crippen molar-refractivity contribution in [2.24, 2.45) is 17.4 Å². The first-order valence-electron chi connectivity index (χ1n) is 15.6. The molecule has 12 heteroatoms. The zero-order valence-electron chi connectivity index (χ0n) is 26.3. The van der Waals surface area contributed by atoms with Gasteiger partial charge in [0.25, 0.3) is 5.91 Å². The van der Waals surface area contributed by atoms with Crippen LogP contribution < -0.4 is 16.8 Å². The third-order valence-corrected chi connectivity index (χ3v) is 9.49. The van der Waals surface area contributed by atoms with E-state index >= 15 is 0 Å². The highest BCUT2D eigenvalue weighted by Crippen LogP contribution is 2.22. The van der Waals surface area contributed by atoms with Crippen LogP contribution in [0, 0.1) is 5.92 Å². The quantitative estimate of drug-likeness (QED) is 0.206. The van der Waals surface area contributed by atoms with Crippen molar-refractivity contribution in [3.8, 4) is 0 Å². The molecular formula is C35H42N4O7S. The SMILES string of the molecule is N/C(=C\[C@H](CCCCNC(=O)OCc1ccccc1)C(=O)[C@@H](N)Cc1ccc(C(=O)N2CCOCC2)cc1)S(=O)(=O)c1ccccc1. The third-order valence-electron chi connectivity index (χ3n) is 7.84. The first-order chi connectivity index (χ1) is 22.6. The number of unbranched alkanes of at least 4 members (excludes halogenated alkanes) is 1. The average Bonchev–Trinajstić information content (AvgIpc) is 3.10. The van der Waals surface area contributed by atoms with Gasteiger partial charge >= 0.3 is 6.09 Å². The summed E-state index contributed by atoms with van der Waals surface area (Å²) in [5.41, 5.74) is 14.6. The molecule has 1 fully saturated rings. The number of hydrogen-bond acceptors (Lipinski definition) is 9. The number of nitrogens with two attached hydrogens (primary N) is 2. The van der Waals surface area contributed by atoms with Crippen LogP contribution in [0.2, 0.25) is 0 Å². The van der Waals surface area contributed by atoms with Crippen LogP contribution in [0.1, 0.15) is 40.7 Å². The Labute approximate surface area is 275 Å². The lowest BCUT2D eigenvalue weighted by Crippen LogP contribution is -2.40. The number of carbonyl (C=O) groups is 3. The predicted octanol–water partition coefficient (Wildman–Crippen LogP) is 3.58. The highest BCUT2D eigenvalue weighted by atomic mass is 32.2. The molecule has 47 heavy (non-hydrogen) atoms. The van der Waals surface area contributed by atoms with E-state index in [4.69, 9.17) is 20.9 Å². The van der Waals surface area contributed by atoms with Crippen LogP contribution >= 0.6 is 0 Å². The van der Waals surface area contributed by atoms with Crippen molar-refractivity contribution < 1.29 is 32.3 Å². The summed E-state index contributed by atoms with van der Waals surface area (Å²) < 4.78 is 36.8. The summed E-state index contributed by atoms with van der Waals surface area (Å²) in [6.07, 6.45) is 2.17. The van der Waals surface area contributed by atoms with Crippen molar-refractivity contribution in [2.45, 2.75) is 43.2 Å². The number of ketones is 1. The lowest BCUT2D eigenvalue weighted by Gasteiger charge is -2.27. The minimum Gasteiger partial charge on any atom is -0.445 e. The van der Waals surface area contributed by atoms with Crippen molar-refractivity contribution in [1.29, 1.82) is 0 Å². The molecule has 1 heterocycles. The molecule has 0 radical (unpaired) electrons. The number of alkyl carbamates (subject to hydrolysis) is 1. The van der Waals surface area contributed by atoms with Gasteiger partial charge in [0.1, 0.15) is 11.6 Å². The lowest BCUT2D eigenvalue weighted by molar-refractivity contribution is -0.123. The Morgan fingerprint density at radius 3 is 2.19 bits per heavy atom. The van der Waals surface area contributed by atoms with Gasteiger partial charge in [0, 0.05) is 31.1 Å². The summed E-state index contributed by atoms with van der Waals surface area (Å²) in [5.74, 6) is -1.32. The fourth-order valence-corrected chi connectivity index (χ4v) is 6.28. The maximum Gasteiger partial charge on any atom is 0.407 e. The number of allylic oxidation sites excluding steroid dienone is 1. The lowest BCUT2D eigenvalue weighted by atomic mass is 9.90. The maximum atomic E-state index is 13.6. The number of morpholine rings is 1. The number of rotatable bonds is 15. The van der Waals surface area contributed by atoms with Gasteiger partial charge < -0.3 is 31.2 Å². The molecule has 1 aliphatic rings. The van der Waals surface area contributed by atoms with Gasteiger partial charge in [-0.05, 0) is 60.7 Å². The van der Waals surface area contributed by atoms with Crippen LogP contribution in [-0.4, -0.2) is 70.0 Å². The van der Waals surface area contributed by atoms with Gasteiger partial charge in [0.15, 0.2) is 5.78 Å². The maximum absolute atomic E-state index is 13.6. The fraction of sp³-hybridized carbons (Fsp3) is 0.343. The summed E-state index contributed by atoms with van der Waals surface area (Å²) in [7, 11) is -4.02. The third kappa shape index (κ3) is 10.5. The number of hydrogen-bond donors (Lipinski definition) is 3. The van der Waals surface area contributed by atoms with E-state index in [0.29, 0.717) is 51.3 Å². The molecule has 0 spiro atoms. The molecule has 4 rings (SSSR count). The molecule has 0 aromatic heterocycles. The fourth-order valence-electron chi connectivity index (χ4n) is 5.15. The molecule has 1 saturated heterocycles. The second kappa shape index (κ2) is 17.4. The summed E-state index contributed by atoms with van der Waals surface area (Å²) in [6.45, 7) is 2.53. The van der Waals surface area contributed by atoms with Gasteiger partial charge in [-0.2, -0.15) is 0 Å². The van der Waals surface area contributed by atoms with Crippen LogP contribution in [0.5, 0.6) is 0 Å².